The molecule has 3 nitrogen and oxygen atoms in total. The minimum absolute atomic E-state index is 0.179. The predicted molar refractivity (Wildman–Crippen MR) is 57.4 cm³/mol. The quantitative estimate of drug-likeness (QED) is 0.683. The highest BCUT2D eigenvalue weighted by atomic mass is 16.3. The van der Waals surface area contributed by atoms with E-state index < -0.39 is 0 Å². The fraction of sp³-hybridized carbons (Fsp3) is 0.455. The second-order valence-corrected chi connectivity index (χ2v) is 3.71. The Bertz CT molecular complexity index is 314. The lowest BCUT2D eigenvalue weighted by atomic mass is 10.1. The lowest BCUT2D eigenvalue weighted by molar-refractivity contribution is 0.260. The molecule has 1 unspecified atom stereocenters. The minimum atomic E-state index is 0.179. The van der Waals surface area contributed by atoms with E-state index in [9.17, 15) is 5.11 Å². The average molecular weight is 192 g/mol. The second kappa shape index (κ2) is 3.98. The summed E-state index contributed by atoms with van der Waals surface area (Å²) in [5.74, 6) is 0. The van der Waals surface area contributed by atoms with E-state index >= 15 is 0 Å². The summed E-state index contributed by atoms with van der Waals surface area (Å²) in [7, 11) is 2.03. The third kappa shape index (κ3) is 1.61. The average Bonchev–Trinajstić information content (AvgIpc) is 2.39. The van der Waals surface area contributed by atoms with E-state index in [2.05, 4.69) is 22.3 Å². The summed E-state index contributed by atoms with van der Waals surface area (Å²) in [6, 6.07) is 8.49. The summed E-state index contributed by atoms with van der Waals surface area (Å²) in [5.41, 5.74) is 2.52. The van der Waals surface area contributed by atoms with Gasteiger partial charge in [0.05, 0.1) is 12.6 Å². The number of hydrogen-bond donors (Lipinski definition) is 2. The molecule has 1 aliphatic rings. The Kier molecular flexibility index (Phi) is 2.70. The molecule has 2 N–H and O–H groups in total. The van der Waals surface area contributed by atoms with Crippen LogP contribution in [0.15, 0.2) is 24.3 Å². The van der Waals surface area contributed by atoms with Crippen LogP contribution in [0.4, 0.5) is 5.69 Å². The molecule has 1 aliphatic heterocycles. The number of likely N-dealkylation sites (N-methyl/N-ethyl adjacent to an activating group) is 1. The molecule has 0 amide bonds. The molecule has 76 valence electrons. The lowest BCUT2D eigenvalue weighted by Gasteiger charge is -2.27. The summed E-state index contributed by atoms with van der Waals surface area (Å²) in [4.78, 5) is 2.15. The molecule has 0 fully saturated rings. The van der Waals surface area contributed by atoms with Crippen molar-refractivity contribution in [3.8, 4) is 0 Å². The number of aliphatic hydroxyl groups excluding tert-OH is 1. The molecule has 1 aromatic rings. The van der Waals surface area contributed by atoms with Gasteiger partial charge in [0.25, 0.3) is 0 Å². The van der Waals surface area contributed by atoms with Crippen molar-refractivity contribution in [2.24, 2.45) is 0 Å². The minimum Gasteiger partial charge on any atom is -0.394 e. The third-order valence-electron chi connectivity index (χ3n) is 2.83. The van der Waals surface area contributed by atoms with Crippen LogP contribution in [0.2, 0.25) is 0 Å². The van der Waals surface area contributed by atoms with Gasteiger partial charge in [-0.3, -0.25) is 0 Å². The van der Waals surface area contributed by atoms with E-state index in [1.54, 1.807) is 0 Å². The highest BCUT2D eigenvalue weighted by molar-refractivity contribution is 5.54. The van der Waals surface area contributed by atoms with Gasteiger partial charge >= 0.3 is 0 Å². The molecule has 1 heterocycles. The monoisotopic (exact) mass is 192 g/mol. The molecule has 1 atom stereocenters. The first-order chi connectivity index (χ1) is 6.83. The maximum absolute atomic E-state index is 9.23. The van der Waals surface area contributed by atoms with Crippen LogP contribution in [0.3, 0.4) is 0 Å². The Morgan fingerprint density at radius 3 is 3.07 bits per heavy atom. The van der Waals surface area contributed by atoms with Gasteiger partial charge in [0.15, 0.2) is 0 Å². The van der Waals surface area contributed by atoms with Gasteiger partial charge in [-0.1, -0.05) is 18.2 Å². The van der Waals surface area contributed by atoms with Crippen LogP contribution in [0.5, 0.6) is 0 Å². The van der Waals surface area contributed by atoms with E-state index in [1.807, 2.05) is 19.2 Å². The standard InChI is InChI=1S/C11H16N2O/c1-13-10(8-14)7-12-6-9-4-2-3-5-11(9)13/h2-5,10,12,14H,6-8H2,1H3. The van der Waals surface area contributed by atoms with Crippen LogP contribution in [-0.4, -0.2) is 31.3 Å². The Morgan fingerprint density at radius 1 is 1.50 bits per heavy atom. The number of hydrogen-bond acceptors (Lipinski definition) is 3. The molecule has 0 bridgehead atoms. The smallest absolute Gasteiger partial charge is 0.0647 e. The zero-order valence-corrected chi connectivity index (χ0v) is 8.40. The second-order valence-electron chi connectivity index (χ2n) is 3.71. The SMILES string of the molecule is CN1c2ccccc2CNCC1CO. The summed E-state index contributed by atoms with van der Waals surface area (Å²) in [6.45, 7) is 1.91. The maximum atomic E-state index is 9.23. The number of fused-ring (bicyclic) bond motifs is 1. The van der Waals surface area contributed by atoms with Gasteiger partial charge in [0, 0.05) is 25.8 Å². The molecule has 2 rings (SSSR count). The molecule has 0 aliphatic carbocycles. The summed E-state index contributed by atoms with van der Waals surface area (Å²) >= 11 is 0. The van der Waals surface area contributed by atoms with Gasteiger partial charge in [0.2, 0.25) is 0 Å². The van der Waals surface area contributed by atoms with Crippen LogP contribution >= 0.6 is 0 Å². The van der Waals surface area contributed by atoms with Crippen LogP contribution < -0.4 is 10.2 Å². The van der Waals surface area contributed by atoms with Crippen molar-refractivity contribution < 1.29 is 5.11 Å². The number of anilines is 1. The largest absolute Gasteiger partial charge is 0.394 e. The van der Waals surface area contributed by atoms with Crippen molar-refractivity contribution in [3.63, 3.8) is 0 Å². The van der Waals surface area contributed by atoms with Crippen molar-refractivity contribution in [2.45, 2.75) is 12.6 Å². The van der Waals surface area contributed by atoms with E-state index in [0.29, 0.717) is 0 Å². The lowest BCUT2D eigenvalue weighted by Crippen LogP contribution is -2.40. The van der Waals surface area contributed by atoms with Crippen molar-refractivity contribution in [1.82, 2.24) is 5.32 Å². The molecule has 0 saturated heterocycles. The molecule has 3 heteroatoms. The first-order valence-corrected chi connectivity index (χ1v) is 4.95. The maximum Gasteiger partial charge on any atom is 0.0647 e. The molecular weight excluding hydrogens is 176 g/mol. The number of nitrogens with zero attached hydrogens (tertiary/aromatic N) is 1. The van der Waals surface area contributed by atoms with Crippen molar-refractivity contribution >= 4 is 5.69 Å². The van der Waals surface area contributed by atoms with Crippen LogP contribution in [0, 0.1) is 0 Å². The van der Waals surface area contributed by atoms with Crippen molar-refractivity contribution in [1.29, 1.82) is 0 Å². The predicted octanol–water partition coefficient (Wildman–Crippen LogP) is 0.587. The van der Waals surface area contributed by atoms with Crippen LogP contribution in [-0.2, 0) is 6.54 Å². The van der Waals surface area contributed by atoms with Gasteiger partial charge in [0.1, 0.15) is 0 Å². The zero-order valence-electron chi connectivity index (χ0n) is 8.40. The number of aliphatic hydroxyl groups is 1. The number of benzene rings is 1. The Labute approximate surface area is 84.4 Å². The van der Waals surface area contributed by atoms with E-state index in [4.69, 9.17) is 0 Å². The molecule has 0 aromatic heterocycles. The fourth-order valence-electron chi connectivity index (χ4n) is 1.90. The molecular formula is C11H16N2O. The van der Waals surface area contributed by atoms with Crippen LogP contribution in [0.1, 0.15) is 5.56 Å². The van der Waals surface area contributed by atoms with Crippen LogP contribution in [0.25, 0.3) is 0 Å². The summed E-state index contributed by atoms with van der Waals surface area (Å²) in [5, 5.41) is 12.6. The van der Waals surface area contributed by atoms with E-state index in [-0.39, 0.29) is 12.6 Å². The molecule has 0 spiro atoms. The number of nitrogens with one attached hydrogen (secondary N) is 1. The molecule has 0 radical (unpaired) electrons. The Hall–Kier alpha value is -1.06. The highest BCUT2D eigenvalue weighted by Crippen LogP contribution is 2.22. The third-order valence-corrected chi connectivity index (χ3v) is 2.83. The van der Waals surface area contributed by atoms with Gasteiger partial charge < -0.3 is 15.3 Å². The highest BCUT2D eigenvalue weighted by Gasteiger charge is 2.19. The number of rotatable bonds is 1. The zero-order chi connectivity index (χ0) is 9.97. The molecule has 0 saturated carbocycles. The Balaban J connectivity index is 2.34. The van der Waals surface area contributed by atoms with Gasteiger partial charge in [-0.05, 0) is 11.6 Å². The van der Waals surface area contributed by atoms with E-state index in [0.717, 1.165) is 13.1 Å². The van der Waals surface area contributed by atoms with Crippen molar-refractivity contribution in [3.05, 3.63) is 29.8 Å². The Morgan fingerprint density at radius 2 is 2.29 bits per heavy atom. The van der Waals surface area contributed by atoms with E-state index in [1.165, 1.54) is 11.3 Å². The molecule has 14 heavy (non-hydrogen) atoms. The first kappa shape index (κ1) is 9.49. The summed E-state index contributed by atoms with van der Waals surface area (Å²) < 4.78 is 0. The topological polar surface area (TPSA) is 35.5 Å². The van der Waals surface area contributed by atoms with Crippen molar-refractivity contribution in [2.75, 3.05) is 25.1 Å². The summed E-state index contributed by atoms with van der Waals surface area (Å²) in [6.07, 6.45) is 0. The fourth-order valence-corrected chi connectivity index (χ4v) is 1.90. The number of para-hydroxylation sites is 1. The first-order valence-electron chi connectivity index (χ1n) is 4.95. The van der Waals surface area contributed by atoms with Gasteiger partial charge in [-0.15, -0.1) is 0 Å². The normalized spacial score (nSPS) is 21.6. The molecule has 1 aromatic carbocycles. The van der Waals surface area contributed by atoms with Gasteiger partial charge in [-0.25, -0.2) is 0 Å². The van der Waals surface area contributed by atoms with Gasteiger partial charge in [-0.2, -0.15) is 0 Å².